The van der Waals surface area contributed by atoms with E-state index in [0.717, 1.165) is 12.6 Å². The topological polar surface area (TPSA) is 15.3 Å². The molecule has 100 valence electrons. The highest BCUT2D eigenvalue weighted by Gasteiger charge is 2.23. The first-order valence-electron chi connectivity index (χ1n) is 6.82. The van der Waals surface area contributed by atoms with Gasteiger partial charge in [0.05, 0.1) is 5.69 Å². The third-order valence-electron chi connectivity index (χ3n) is 3.73. The number of rotatable bonds is 5. The van der Waals surface area contributed by atoms with E-state index in [2.05, 4.69) is 65.2 Å². The fourth-order valence-electron chi connectivity index (χ4n) is 2.24. The van der Waals surface area contributed by atoms with Gasteiger partial charge < -0.3 is 10.2 Å². The largest absolute Gasteiger partial charge is 0.371 e. The summed E-state index contributed by atoms with van der Waals surface area (Å²) in [6.45, 7) is 5.28. The summed E-state index contributed by atoms with van der Waals surface area (Å²) in [6.07, 6.45) is 4.04. The lowest BCUT2D eigenvalue weighted by molar-refractivity contribution is 0.401. The third kappa shape index (κ3) is 3.27. The second kappa shape index (κ2) is 6.07. The molecule has 0 spiro atoms. The van der Waals surface area contributed by atoms with Crippen molar-refractivity contribution in [2.24, 2.45) is 0 Å². The first-order chi connectivity index (χ1) is 8.58. The number of hydrogen-bond donors (Lipinski definition) is 1. The number of halogens is 1. The van der Waals surface area contributed by atoms with Crippen molar-refractivity contribution >= 4 is 21.6 Å². The maximum atomic E-state index is 3.71. The number of hydrogen-bond acceptors (Lipinski definition) is 2. The molecule has 3 heteroatoms. The van der Waals surface area contributed by atoms with Crippen molar-refractivity contribution in [2.45, 2.75) is 51.7 Å². The minimum absolute atomic E-state index is 0.529. The second-order valence-electron chi connectivity index (χ2n) is 5.52. The maximum absolute atomic E-state index is 3.71. The van der Waals surface area contributed by atoms with Crippen LogP contribution in [0, 0.1) is 0 Å². The lowest BCUT2D eigenvalue weighted by Gasteiger charge is -2.37. The van der Waals surface area contributed by atoms with Crippen molar-refractivity contribution in [1.29, 1.82) is 0 Å². The molecule has 1 aliphatic rings. The summed E-state index contributed by atoms with van der Waals surface area (Å²) in [5.74, 6) is 0. The molecule has 1 aromatic rings. The van der Waals surface area contributed by atoms with E-state index in [-0.39, 0.29) is 0 Å². The highest BCUT2D eigenvalue weighted by molar-refractivity contribution is 9.10. The molecule has 0 atom stereocenters. The molecule has 0 heterocycles. The van der Waals surface area contributed by atoms with Gasteiger partial charge in [-0.3, -0.25) is 0 Å². The van der Waals surface area contributed by atoms with Crippen LogP contribution in [-0.2, 0) is 6.54 Å². The monoisotopic (exact) mass is 310 g/mol. The molecular weight excluding hydrogens is 288 g/mol. The molecular formula is C15H23BrN2. The Morgan fingerprint density at radius 3 is 2.61 bits per heavy atom. The van der Waals surface area contributed by atoms with Gasteiger partial charge in [-0.05, 0) is 52.9 Å². The van der Waals surface area contributed by atoms with E-state index in [4.69, 9.17) is 0 Å². The molecule has 1 saturated carbocycles. The van der Waals surface area contributed by atoms with Crippen molar-refractivity contribution in [3.05, 3.63) is 28.2 Å². The summed E-state index contributed by atoms with van der Waals surface area (Å²) in [5, 5.41) is 3.45. The van der Waals surface area contributed by atoms with Crippen molar-refractivity contribution < 1.29 is 0 Å². The van der Waals surface area contributed by atoms with Gasteiger partial charge in [-0.2, -0.15) is 0 Å². The Kier molecular flexibility index (Phi) is 4.68. The lowest BCUT2D eigenvalue weighted by Crippen LogP contribution is -2.37. The summed E-state index contributed by atoms with van der Waals surface area (Å²) in [7, 11) is 2.20. The molecule has 0 aromatic heterocycles. The Morgan fingerprint density at radius 1 is 1.39 bits per heavy atom. The average Bonchev–Trinajstić information content (AvgIpc) is 2.23. The number of anilines is 1. The van der Waals surface area contributed by atoms with Crippen LogP contribution < -0.4 is 10.2 Å². The van der Waals surface area contributed by atoms with Crippen molar-refractivity contribution in [1.82, 2.24) is 5.32 Å². The standard InChI is InChI=1S/C15H23BrN2/c1-11(2)17-10-12-7-8-15(14(16)9-12)18(3)13-5-4-6-13/h7-9,11,13,17H,4-6,10H2,1-3H3. The van der Waals surface area contributed by atoms with Crippen LogP contribution in [0.3, 0.4) is 0 Å². The zero-order valence-corrected chi connectivity index (χ0v) is 13.1. The second-order valence-corrected chi connectivity index (χ2v) is 6.37. The highest BCUT2D eigenvalue weighted by Crippen LogP contribution is 2.33. The van der Waals surface area contributed by atoms with Crippen LogP contribution >= 0.6 is 15.9 Å². The predicted molar refractivity (Wildman–Crippen MR) is 82.2 cm³/mol. The maximum Gasteiger partial charge on any atom is 0.0510 e. The van der Waals surface area contributed by atoms with Crippen LogP contribution in [0.15, 0.2) is 22.7 Å². The molecule has 1 aliphatic carbocycles. The fraction of sp³-hybridized carbons (Fsp3) is 0.600. The zero-order valence-electron chi connectivity index (χ0n) is 11.5. The molecule has 0 aliphatic heterocycles. The predicted octanol–water partition coefficient (Wildman–Crippen LogP) is 3.94. The molecule has 0 amide bonds. The molecule has 1 fully saturated rings. The van der Waals surface area contributed by atoms with E-state index in [1.807, 2.05) is 0 Å². The van der Waals surface area contributed by atoms with E-state index in [0.29, 0.717) is 6.04 Å². The number of nitrogens with zero attached hydrogens (tertiary/aromatic N) is 1. The van der Waals surface area contributed by atoms with Crippen molar-refractivity contribution in [3.63, 3.8) is 0 Å². The average molecular weight is 311 g/mol. The molecule has 0 bridgehead atoms. The van der Waals surface area contributed by atoms with Gasteiger partial charge in [0, 0.05) is 30.1 Å². The first kappa shape index (κ1) is 13.9. The van der Waals surface area contributed by atoms with E-state index < -0.39 is 0 Å². The number of nitrogens with one attached hydrogen (secondary N) is 1. The summed E-state index contributed by atoms with van der Waals surface area (Å²) in [6, 6.07) is 7.96. The number of benzene rings is 1. The van der Waals surface area contributed by atoms with Gasteiger partial charge in [0.25, 0.3) is 0 Å². The summed E-state index contributed by atoms with van der Waals surface area (Å²) in [5.41, 5.74) is 2.65. The molecule has 1 aromatic carbocycles. The Morgan fingerprint density at radius 2 is 2.11 bits per heavy atom. The normalized spacial score (nSPS) is 15.8. The van der Waals surface area contributed by atoms with E-state index >= 15 is 0 Å². The van der Waals surface area contributed by atoms with Crippen LogP contribution in [0.4, 0.5) is 5.69 Å². The fourth-order valence-corrected chi connectivity index (χ4v) is 2.94. The summed E-state index contributed by atoms with van der Waals surface area (Å²) >= 11 is 3.71. The summed E-state index contributed by atoms with van der Waals surface area (Å²) in [4.78, 5) is 2.41. The van der Waals surface area contributed by atoms with Crippen LogP contribution in [0.25, 0.3) is 0 Å². The van der Waals surface area contributed by atoms with E-state index in [1.54, 1.807) is 0 Å². The van der Waals surface area contributed by atoms with Gasteiger partial charge in [-0.15, -0.1) is 0 Å². The van der Waals surface area contributed by atoms with Gasteiger partial charge in [0.1, 0.15) is 0 Å². The molecule has 1 N–H and O–H groups in total. The van der Waals surface area contributed by atoms with E-state index in [1.165, 1.54) is 35.0 Å². The Balaban J connectivity index is 2.04. The van der Waals surface area contributed by atoms with Crippen LogP contribution in [0.1, 0.15) is 38.7 Å². The van der Waals surface area contributed by atoms with Crippen molar-refractivity contribution in [3.8, 4) is 0 Å². The van der Waals surface area contributed by atoms with Gasteiger partial charge in [-0.1, -0.05) is 19.9 Å². The summed E-state index contributed by atoms with van der Waals surface area (Å²) < 4.78 is 1.21. The lowest BCUT2D eigenvalue weighted by atomic mass is 9.91. The Hall–Kier alpha value is -0.540. The van der Waals surface area contributed by atoms with Gasteiger partial charge in [0.2, 0.25) is 0 Å². The Labute approximate surface area is 119 Å². The molecule has 18 heavy (non-hydrogen) atoms. The Bertz CT molecular complexity index is 399. The van der Waals surface area contributed by atoms with Gasteiger partial charge in [0.15, 0.2) is 0 Å². The van der Waals surface area contributed by atoms with Crippen LogP contribution in [-0.4, -0.2) is 19.1 Å². The quantitative estimate of drug-likeness (QED) is 0.886. The van der Waals surface area contributed by atoms with Crippen LogP contribution in [0.2, 0.25) is 0 Å². The van der Waals surface area contributed by atoms with Gasteiger partial charge >= 0.3 is 0 Å². The van der Waals surface area contributed by atoms with Crippen LogP contribution in [0.5, 0.6) is 0 Å². The molecule has 2 rings (SSSR count). The minimum atomic E-state index is 0.529. The van der Waals surface area contributed by atoms with Gasteiger partial charge in [-0.25, -0.2) is 0 Å². The molecule has 0 radical (unpaired) electrons. The first-order valence-corrected chi connectivity index (χ1v) is 7.62. The molecule has 0 saturated heterocycles. The van der Waals surface area contributed by atoms with Crippen molar-refractivity contribution in [2.75, 3.05) is 11.9 Å². The molecule has 0 unspecified atom stereocenters. The minimum Gasteiger partial charge on any atom is -0.371 e. The SMILES string of the molecule is CC(C)NCc1ccc(N(C)C2CCC2)c(Br)c1. The smallest absolute Gasteiger partial charge is 0.0510 e. The molecule has 2 nitrogen and oxygen atoms in total. The highest BCUT2D eigenvalue weighted by atomic mass is 79.9. The van der Waals surface area contributed by atoms with E-state index in [9.17, 15) is 0 Å². The third-order valence-corrected chi connectivity index (χ3v) is 4.36. The zero-order chi connectivity index (χ0) is 13.1.